The van der Waals surface area contributed by atoms with Crippen molar-refractivity contribution in [1.82, 2.24) is 0 Å². The van der Waals surface area contributed by atoms with Crippen LogP contribution in [0.3, 0.4) is 0 Å². The Bertz CT molecular complexity index is 821. The molecule has 140 valence electrons. The van der Waals surface area contributed by atoms with Gasteiger partial charge in [0.1, 0.15) is 11.5 Å². The predicted molar refractivity (Wildman–Crippen MR) is 105 cm³/mol. The van der Waals surface area contributed by atoms with Crippen LogP contribution < -0.4 is 20.1 Å². The average molecular weight is 376 g/mol. The maximum absolute atomic E-state index is 12.7. The molecule has 1 aromatic carbocycles. The van der Waals surface area contributed by atoms with Crippen LogP contribution in [0.25, 0.3) is 0 Å². The number of nitrogens with one attached hydrogen (secondary N) is 2. The Labute approximate surface area is 157 Å². The molecule has 2 N–H and O–H groups in total. The van der Waals surface area contributed by atoms with E-state index in [4.69, 9.17) is 9.47 Å². The lowest BCUT2D eigenvalue weighted by Gasteiger charge is -2.16. The molecular weight excluding hydrogens is 352 g/mol. The molecule has 1 aromatic heterocycles. The van der Waals surface area contributed by atoms with Crippen LogP contribution in [0.15, 0.2) is 24.3 Å². The zero-order chi connectivity index (χ0) is 19.5. The Kier molecular flexibility index (Phi) is 5.92. The van der Waals surface area contributed by atoms with Crippen molar-refractivity contribution >= 4 is 33.8 Å². The molecule has 0 saturated carbocycles. The van der Waals surface area contributed by atoms with Crippen molar-refractivity contribution in [1.29, 1.82) is 0 Å². The van der Waals surface area contributed by atoms with Crippen LogP contribution in [0.5, 0.6) is 11.5 Å². The Morgan fingerprint density at radius 1 is 1.04 bits per heavy atom. The summed E-state index contributed by atoms with van der Waals surface area (Å²) >= 11 is 1.24. The number of rotatable bonds is 5. The largest absolute Gasteiger partial charge is 0.497 e. The molecule has 0 aliphatic rings. The number of ether oxygens (including phenoxy) is 2. The quantitative estimate of drug-likeness (QED) is 0.815. The van der Waals surface area contributed by atoms with Crippen LogP contribution in [0, 0.1) is 12.3 Å². The maximum atomic E-state index is 12.7. The second-order valence-electron chi connectivity index (χ2n) is 6.85. The lowest BCUT2D eigenvalue weighted by Crippen LogP contribution is -2.27. The molecule has 7 heteroatoms. The third-order valence-electron chi connectivity index (χ3n) is 3.70. The number of hydrogen-bond donors (Lipinski definition) is 2. The van der Waals surface area contributed by atoms with Crippen molar-refractivity contribution in [3.8, 4) is 11.5 Å². The number of anilines is 2. The van der Waals surface area contributed by atoms with Gasteiger partial charge in [0.2, 0.25) is 5.91 Å². The van der Waals surface area contributed by atoms with Crippen molar-refractivity contribution < 1.29 is 19.1 Å². The summed E-state index contributed by atoms with van der Waals surface area (Å²) in [6, 6.07) is 6.98. The molecule has 0 bridgehead atoms. The summed E-state index contributed by atoms with van der Waals surface area (Å²) in [6.07, 6.45) is 0. The SMILES string of the molecule is COc1ccc(OC)c(NC(=O)c2sc(NC(=O)C(C)(C)C)cc2C)c1. The van der Waals surface area contributed by atoms with E-state index in [9.17, 15) is 9.59 Å². The third-order valence-corrected chi connectivity index (χ3v) is 4.85. The number of aryl methyl sites for hydroxylation is 1. The van der Waals surface area contributed by atoms with E-state index in [2.05, 4.69) is 10.6 Å². The average Bonchev–Trinajstić information content (AvgIpc) is 2.94. The van der Waals surface area contributed by atoms with E-state index in [-0.39, 0.29) is 11.8 Å². The molecule has 6 nitrogen and oxygen atoms in total. The summed E-state index contributed by atoms with van der Waals surface area (Å²) in [5.74, 6) is 0.784. The van der Waals surface area contributed by atoms with E-state index in [1.807, 2.05) is 27.7 Å². The molecule has 0 spiro atoms. The first-order valence-corrected chi connectivity index (χ1v) is 8.92. The fourth-order valence-corrected chi connectivity index (χ4v) is 3.12. The highest BCUT2D eigenvalue weighted by Gasteiger charge is 2.23. The zero-order valence-electron chi connectivity index (χ0n) is 15.9. The standard InChI is InChI=1S/C19H24N2O4S/c1-11-9-15(21-18(23)19(2,3)4)26-16(11)17(22)20-13-10-12(24-5)7-8-14(13)25-6/h7-10H,1-6H3,(H,20,22)(H,21,23). The number of amides is 2. The molecule has 0 aliphatic heterocycles. The number of methoxy groups -OCH3 is 2. The van der Waals surface area contributed by atoms with E-state index in [0.717, 1.165) is 5.56 Å². The maximum Gasteiger partial charge on any atom is 0.266 e. The molecule has 2 rings (SSSR count). The molecule has 0 saturated heterocycles. The van der Waals surface area contributed by atoms with Gasteiger partial charge in [0.25, 0.3) is 5.91 Å². The van der Waals surface area contributed by atoms with Crippen LogP contribution in [-0.2, 0) is 4.79 Å². The first kappa shape index (κ1) is 19.8. The van der Waals surface area contributed by atoms with Crippen molar-refractivity contribution in [2.75, 3.05) is 24.9 Å². The van der Waals surface area contributed by atoms with Gasteiger partial charge in [-0.15, -0.1) is 11.3 Å². The highest BCUT2D eigenvalue weighted by Crippen LogP contribution is 2.32. The number of thiophene rings is 1. The van der Waals surface area contributed by atoms with E-state index >= 15 is 0 Å². The van der Waals surface area contributed by atoms with E-state index in [1.54, 1.807) is 31.4 Å². The summed E-state index contributed by atoms with van der Waals surface area (Å²) in [6.45, 7) is 7.35. The Morgan fingerprint density at radius 2 is 1.73 bits per heavy atom. The van der Waals surface area contributed by atoms with E-state index in [0.29, 0.717) is 27.1 Å². The van der Waals surface area contributed by atoms with Gasteiger partial charge in [-0.25, -0.2) is 0 Å². The van der Waals surface area contributed by atoms with Crippen molar-refractivity contribution in [2.24, 2.45) is 5.41 Å². The fraction of sp³-hybridized carbons (Fsp3) is 0.368. The molecule has 0 aliphatic carbocycles. The van der Waals surface area contributed by atoms with Gasteiger partial charge < -0.3 is 20.1 Å². The van der Waals surface area contributed by atoms with Crippen LogP contribution >= 0.6 is 11.3 Å². The minimum atomic E-state index is -0.506. The van der Waals surface area contributed by atoms with Gasteiger partial charge in [-0.1, -0.05) is 20.8 Å². The number of benzene rings is 1. The fourth-order valence-electron chi connectivity index (χ4n) is 2.16. The molecule has 0 unspecified atom stereocenters. The summed E-state index contributed by atoms with van der Waals surface area (Å²) in [7, 11) is 3.09. The lowest BCUT2D eigenvalue weighted by molar-refractivity contribution is -0.123. The van der Waals surface area contributed by atoms with Crippen molar-refractivity contribution in [3.63, 3.8) is 0 Å². The van der Waals surface area contributed by atoms with Crippen molar-refractivity contribution in [3.05, 3.63) is 34.7 Å². The van der Waals surface area contributed by atoms with Crippen LogP contribution in [0.4, 0.5) is 10.7 Å². The van der Waals surface area contributed by atoms with Crippen LogP contribution in [-0.4, -0.2) is 26.0 Å². The van der Waals surface area contributed by atoms with Gasteiger partial charge in [0.05, 0.1) is 29.8 Å². The molecule has 26 heavy (non-hydrogen) atoms. The number of carbonyl (C=O) groups excluding carboxylic acids is 2. The number of carbonyl (C=O) groups is 2. The summed E-state index contributed by atoms with van der Waals surface area (Å²) in [5.41, 5.74) is 0.803. The second kappa shape index (κ2) is 7.78. The van der Waals surface area contributed by atoms with Gasteiger partial charge in [0.15, 0.2) is 0 Å². The second-order valence-corrected chi connectivity index (χ2v) is 7.90. The monoisotopic (exact) mass is 376 g/mol. The van der Waals surface area contributed by atoms with Crippen LogP contribution in [0.2, 0.25) is 0 Å². The van der Waals surface area contributed by atoms with E-state index < -0.39 is 5.41 Å². The minimum absolute atomic E-state index is 0.0971. The smallest absolute Gasteiger partial charge is 0.266 e. The van der Waals surface area contributed by atoms with E-state index in [1.165, 1.54) is 18.4 Å². The highest BCUT2D eigenvalue weighted by molar-refractivity contribution is 7.18. The first-order chi connectivity index (χ1) is 12.2. The normalized spacial score (nSPS) is 11.0. The molecule has 2 aromatic rings. The molecule has 1 heterocycles. The minimum Gasteiger partial charge on any atom is -0.497 e. The molecule has 0 fully saturated rings. The van der Waals surface area contributed by atoms with Gasteiger partial charge in [-0.3, -0.25) is 9.59 Å². The van der Waals surface area contributed by atoms with Gasteiger partial charge in [-0.2, -0.15) is 0 Å². The molecule has 2 amide bonds. The van der Waals surface area contributed by atoms with Gasteiger partial charge in [0, 0.05) is 11.5 Å². The van der Waals surface area contributed by atoms with Crippen LogP contribution in [0.1, 0.15) is 36.0 Å². The van der Waals surface area contributed by atoms with Gasteiger partial charge >= 0.3 is 0 Å². The van der Waals surface area contributed by atoms with Crippen molar-refractivity contribution in [2.45, 2.75) is 27.7 Å². The molecular formula is C19H24N2O4S. The Balaban J connectivity index is 2.22. The summed E-state index contributed by atoms with van der Waals surface area (Å²) < 4.78 is 10.5. The zero-order valence-corrected chi connectivity index (χ0v) is 16.7. The Morgan fingerprint density at radius 3 is 2.31 bits per heavy atom. The molecule has 0 radical (unpaired) electrons. The molecule has 0 atom stereocenters. The van der Waals surface area contributed by atoms with Gasteiger partial charge in [-0.05, 0) is 30.7 Å². The Hall–Kier alpha value is -2.54. The predicted octanol–water partition coefficient (Wildman–Crippen LogP) is 4.31. The lowest BCUT2D eigenvalue weighted by atomic mass is 9.96. The summed E-state index contributed by atoms with van der Waals surface area (Å²) in [4.78, 5) is 25.3. The summed E-state index contributed by atoms with van der Waals surface area (Å²) in [5, 5.41) is 6.35. The number of hydrogen-bond acceptors (Lipinski definition) is 5. The first-order valence-electron chi connectivity index (χ1n) is 8.11. The highest BCUT2D eigenvalue weighted by atomic mass is 32.1. The third kappa shape index (κ3) is 4.54. The topological polar surface area (TPSA) is 76.7 Å².